The predicted molar refractivity (Wildman–Crippen MR) is 72.3 cm³/mol. The van der Waals surface area contributed by atoms with Crippen LogP contribution in [0.4, 0.5) is 5.69 Å². The van der Waals surface area contributed by atoms with Crippen molar-refractivity contribution in [2.45, 2.75) is 32.8 Å². The highest BCUT2D eigenvalue weighted by molar-refractivity contribution is 5.55. The third-order valence-electron chi connectivity index (χ3n) is 3.46. The number of para-hydroxylation sites is 1. The number of aliphatic hydroxyl groups excluding tert-OH is 1. The summed E-state index contributed by atoms with van der Waals surface area (Å²) in [5, 5.41) is 10.1. The van der Waals surface area contributed by atoms with Crippen LogP contribution in [-0.2, 0) is 0 Å². The Morgan fingerprint density at radius 3 is 2.76 bits per heavy atom. The highest BCUT2D eigenvalue weighted by Crippen LogP contribution is 2.29. The van der Waals surface area contributed by atoms with Crippen LogP contribution in [0.2, 0.25) is 0 Å². The fraction of sp³-hybridized carbons (Fsp3) is 0.467. The summed E-state index contributed by atoms with van der Waals surface area (Å²) in [6.45, 7) is 6.21. The number of aliphatic hydroxyl groups is 1. The predicted octanol–water partition coefficient (Wildman–Crippen LogP) is 3.29. The van der Waals surface area contributed by atoms with E-state index in [1.165, 1.54) is 11.3 Å². The molecule has 0 aliphatic carbocycles. The van der Waals surface area contributed by atoms with E-state index in [1.807, 2.05) is 25.1 Å². The minimum Gasteiger partial charge on any atom is -0.388 e. The van der Waals surface area contributed by atoms with Crippen LogP contribution in [0.1, 0.15) is 38.4 Å². The summed E-state index contributed by atoms with van der Waals surface area (Å²) in [7, 11) is 0. The van der Waals surface area contributed by atoms with Crippen molar-refractivity contribution in [3.8, 4) is 0 Å². The second-order valence-electron chi connectivity index (χ2n) is 4.73. The molecule has 1 heterocycles. The first kappa shape index (κ1) is 12.2. The molecule has 1 aliphatic heterocycles. The summed E-state index contributed by atoms with van der Waals surface area (Å²) in [4.78, 5) is 2.35. The lowest BCUT2D eigenvalue weighted by molar-refractivity contribution is 0.174. The van der Waals surface area contributed by atoms with Gasteiger partial charge in [-0.1, -0.05) is 36.8 Å². The van der Waals surface area contributed by atoms with Crippen molar-refractivity contribution in [3.63, 3.8) is 0 Å². The van der Waals surface area contributed by atoms with Crippen molar-refractivity contribution in [2.24, 2.45) is 0 Å². The zero-order valence-corrected chi connectivity index (χ0v) is 10.7. The quantitative estimate of drug-likeness (QED) is 0.807. The maximum absolute atomic E-state index is 10.1. The van der Waals surface area contributed by atoms with E-state index in [1.54, 1.807) is 0 Å². The highest BCUT2D eigenvalue weighted by atomic mass is 16.3. The summed E-state index contributed by atoms with van der Waals surface area (Å²) in [5.74, 6) is 0. The van der Waals surface area contributed by atoms with E-state index in [0.29, 0.717) is 0 Å². The maximum Gasteiger partial charge on any atom is 0.0807 e. The zero-order valence-electron chi connectivity index (χ0n) is 10.7. The lowest BCUT2D eigenvalue weighted by Gasteiger charge is -2.30. The maximum atomic E-state index is 10.1. The molecule has 1 atom stereocenters. The van der Waals surface area contributed by atoms with Gasteiger partial charge >= 0.3 is 0 Å². The molecule has 2 rings (SSSR count). The monoisotopic (exact) mass is 231 g/mol. The molecule has 92 valence electrons. The second kappa shape index (κ2) is 5.37. The Bertz CT molecular complexity index is 411. The minimum absolute atomic E-state index is 0.349. The summed E-state index contributed by atoms with van der Waals surface area (Å²) < 4.78 is 0. The van der Waals surface area contributed by atoms with Gasteiger partial charge in [0, 0.05) is 24.3 Å². The Morgan fingerprint density at radius 1 is 1.35 bits per heavy atom. The van der Waals surface area contributed by atoms with Gasteiger partial charge in [-0.15, -0.1) is 0 Å². The molecule has 17 heavy (non-hydrogen) atoms. The van der Waals surface area contributed by atoms with Crippen molar-refractivity contribution in [1.29, 1.82) is 0 Å². The molecule has 0 amide bonds. The smallest absolute Gasteiger partial charge is 0.0807 e. The topological polar surface area (TPSA) is 23.5 Å². The molecular weight excluding hydrogens is 210 g/mol. The first-order valence-electron chi connectivity index (χ1n) is 6.40. The second-order valence-corrected chi connectivity index (χ2v) is 4.73. The Balaban J connectivity index is 2.26. The van der Waals surface area contributed by atoms with Crippen molar-refractivity contribution in [1.82, 2.24) is 0 Å². The SMILES string of the molecule is CC[C@H](O)c1ccccc1N1CC=C(C)CC1. The molecule has 0 fully saturated rings. The summed E-state index contributed by atoms with van der Waals surface area (Å²) in [5.41, 5.74) is 3.71. The van der Waals surface area contributed by atoms with Crippen LogP contribution in [0.15, 0.2) is 35.9 Å². The van der Waals surface area contributed by atoms with E-state index >= 15 is 0 Å². The van der Waals surface area contributed by atoms with E-state index in [4.69, 9.17) is 0 Å². The molecule has 2 heteroatoms. The number of nitrogens with zero attached hydrogens (tertiary/aromatic N) is 1. The Hall–Kier alpha value is -1.28. The molecule has 0 aromatic heterocycles. The van der Waals surface area contributed by atoms with Crippen LogP contribution in [0.25, 0.3) is 0 Å². The van der Waals surface area contributed by atoms with Gasteiger partial charge in [0.15, 0.2) is 0 Å². The van der Waals surface area contributed by atoms with Gasteiger partial charge in [0.05, 0.1) is 6.10 Å². The van der Waals surface area contributed by atoms with Crippen molar-refractivity contribution < 1.29 is 5.11 Å². The fourth-order valence-electron chi connectivity index (χ4n) is 2.27. The third kappa shape index (κ3) is 2.70. The van der Waals surface area contributed by atoms with Gasteiger partial charge in [-0.25, -0.2) is 0 Å². The molecule has 0 spiro atoms. The van der Waals surface area contributed by atoms with Gasteiger partial charge in [-0.3, -0.25) is 0 Å². The molecule has 0 radical (unpaired) electrons. The molecule has 2 nitrogen and oxygen atoms in total. The third-order valence-corrected chi connectivity index (χ3v) is 3.46. The first-order chi connectivity index (χ1) is 8.22. The van der Waals surface area contributed by atoms with Crippen LogP contribution >= 0.6 is 0 Å². The number of benzene rings is 1. The molecule has 1 aromatic carbocycles. The van der Waals surface area contributed by atoms with E-state index in [0.717, 1.165) is 31.5 Å². The summed E-state index contributed by atoms with van der Waals surface area (Å²) in [6, 6.07) is 8.20. The van der Waals surface area contributed by atoms with Crippen molar-refractivity contribution >= 4 is 5.69 Å². The van der Waals surface area contributed by atoms with Crippen molar-refractivity contribution in [3.05, 3.63) is 41.5 Å². The fourth-order valence-corrected chi connectivity index (χ4v) is 2.27. The van der Waals surface area contributed by atoms with Gasteiger partial charge < -0.3 is 10.0 Å². The molecule has 1 N–H and O–H groups in total. The van der Waals surface area contributed by atoms with E-state index < -0.39 is 0 Å². The Labute approximate surface area is 104 Å². The molecule has 1 aliphatic rings. The van der Waals surface area contributed by atoms with Gasteiger partial charge in [0.25, 0.3) is 0 Å². The number of hydrogen-bond donors (Lipinski definition) is 1. The van der Waals surface area contributed by atoms with E-state index in [2.05, 4.69) is 24.0 Å². The van der Waals surface area contributed by atoms with Crippen LogP contribution in [0.3, 0.4) is 0 Å². The lowest BCUT2D eigenvalue weighted by Crippen LogP contribution is -2.29. The lowest BCUT2D eigenvalue weighted by atomic mass is 10.0. The van der Waals surface area contributed by atoms with Gasteiger partial charge in [0.1, 0.15) is 0 Å². The van der Waals surface area contributed by atoms with Crippen molar-refractivity contribution in [2.75, 3.05) is 18.0 Å². The molecule has 1 aromatic rings. The Morgan fingerprint density at radius 2 is 2.12 bits per heavy atom. The molecular formula is C15H21NO. The minimum atomic E-state index is -0.349. The van der Waals surface area contributed by atoms with Crippen LogP contribution < -0.4 is 4.90 Å². The van der Waals surface area contributed by atoms with Gasteiger partial charge in [-0.2, -0.15) is 0 Å². The van der Waals surface area contributed by atoms with Crippen LogP contribution in [0, 0.1) is 0 Å². The largest absolute Gasteiger partial charge is 0.388 e. The average molecular weight is 231 g/mol. The standard InChI is InChI=1S/C15H21NO/c1-3-15(17)13-6-4-5-7-14(13)16-10-8-12(2)9-11-16/h4-8,15,17H,3,9-11H2,1-2H3/t15-/m0/s1. The normalized spacial score (nSPS) is 17.8. The molecule has 0 unspecified atom stereocenters. The number of anilines is 1. The number of rotatable bonds is 3. The van der Waals surface area contributed by atoms with Crippen LogP contribution in [0.5, 0.6) is 0 Å². The highest BCUT2D eigenvalue weighted by Gasteiger charge is 2.16. The molecule has 0 bridgehead atoms. The average Bonchev–Trinajstić information content (AvgIpc) is 2.39. The first-order valence-corrected chi connectivity index (χ1v) is 6.40. The molecule has 0 saturated carbocycles. The number of hydrogen-bond acceptors (Lipinski definition) is 2. The zero-order chi connectivity index (χ0) is 12.3. The van der Waals surface area contributed by atoms with E-state index in [-0.39, 0.29) is 6.10 Å². The summed E-state index contributed by atoms with van der Waals surface area (Å²) >= 11 is 0. The Kier molecular flexibility index (Phi) is 3.85. The van der Waals surface area contributed by atoms with Gasteiger partial charge in [-0.05, 0) is 25.8 Å². The molecule has 0 saturated heterocycles. The van der Waals surface area contributed by atoms with Gasteiger partial charge in [0.2, 0.25) is 0 Å². The van der Waals surface area contributed by atoms with E-state index in [9.17, 15) is 5.11 Å². The summed E-state index contributed by atoms with van der Waals surface area (Å²) in [6.07, 6.45) is 3.81. The van der Waals surface area contributed by atoms with Crippen LogP contribution in [-0.4, -0.2) is 18.2 Å².